The van der Waals surface area contributed by atoms with Crippen molar-refractivity contribution < 1.29 is 22.7 Å². The Balaban J connectivity index is 1.29. The zero-order valence-corrected chi connectivity index (χ0v) is 25.3. The molecule has 45 heavy (non-hydrogen) atoms. The van der Waals surface area contributed by atoms with Gasteiger partial charge in [0.2, 0.25) is 0 Å². The molecule has 3 aromatic rings. The quantitative estimate of drug-likeness (QED) is 0.220. The number of piperazine rings is 1. The van der Waals surface area contributed by atoms with E-state index in [1.54, 1.807) is 43.7 Å². The van der Waals surface area contributed by atoms with Gasteiger partial charge in [-0.3, -0.25) is 19.7 Å². The second-order valence-electron chi connectivity index (χ2n) is 10.8. The second kappa shape index (κ2) is 13.9. The van der Waals surface area contributed by atoms with Gasteiger partial charge in [0.15, 0.2) is 5.84 Å². The van der Waals surface area contributed by atoms with Crippen molar-refractivity contribution in [3.63, 3.8) is 0 Å². The highest BCUT2D eigenvalue weighted by Crippen LogP contribution is 2.34. The predicted molar refractivity (Wildman–Crippen MR) is 168 cm³/mol. The van der Waals surface area contributed by atoms with Crippen LogP contribution in [-0.4, -0.2) is 84.5 Å². The number of nitrogens with one attached hydrogen (secondary N) is 1. The maximum atomic E-state index is 14.0. The van der Waals surface area contributed by atoms with E-state index in [1.165, 1.54) is 18.4 Å². The standard InChI is InChI=1S/C33H34F3N7O2/c1-37-31(23-9-12-38-13-10-23)40-29-11-14-42(3)30(29)22-45-27-6-4-5-26(20-27)39-32(44)24-7-8-25(28(19-24)33(34,35)36)21-43-17-15-41(2)16-18-43/h4-14,19-20,22H,15-18,21H2,1-3H3,(H,39,44)/b30-22-,37-31?,40-29?. The number of hydrogen-bond donors (Lipinski definition) is 1. The number of alkyl halides is 3. The summed E-state index contributed by atoms with van der Waals surface area (Å²) < 4.78 is 48.0. The summed E-state index contributed by atoms with van der Waals surface area (Å²) in [5.41, 5.74) is 1.77. The number of aromatic nitrogens is 1. The van der Waals surface area contributed by atoms with Gasteiger partial charge in [0.05, 0.1) is 11.3 Å². The zero-order chi connectivity index (χ0) is 32.0. The lowest BCUT2D eigenvalue weighted by Gasteiger charge is -2.33. The number of carbonyl (C=O) groups excluding carboxylic acids is 1. The fraction of sp³-hybridized carbons (Fsp3) is 0.273. The minimum absolute atomic E-state index is 0.0833. The molecule has 0 spiro atoms. The normalized spacial score (nSPS) is 18.2. The van der Waals surface area contributed by atoms with Crippen LogP contribution in [0.1, 0.15) is 27.0 Å². The Labute approximate surface area is 260 Å². The number of carbonyl (C=O) groups is 1. The highest BCUT2D eigenvalue weighted by Gasteiger charge is 2.34. The van der Waals surface area contributed by atoms with Gasteiger partial charge >= 0.3 is 6.18 Å². The number of aliphatic imine (C=N–C) groups is 2. The van der Waals surface area contributed by atoms with E-state index < -0.39 is 17.6 Å². The summed E-state index contributed by atoms with van der Waals surface area (Å²) in [6.45, 7) is 3.14. The maximum absolute atomic E-state index is 14.0. The molecule has 5 rings (SSSR count). The van der Waals surface area contributed by atoms with Crippen molar-refractivity contribution in [3.05, 3.63) is 113 Å². The zero-order valence-electron chi connectivity index (χ0n) is 25.3. The Morgan fingerprint density at radius 2 is 1.78 bits per heavy atom. The molecular formula is C33H34F3N7O2. The third kappa shape index (κ3) is 8.02. The largest absolute Gasteiger partial charge is 0.463 e. The molecule has 234 valence electrons. The van der Waals surface area contributed by atoms with E-state index in [0.717, 1.165) is 24.7 Å². The third-order valence-electron chi connectivity index (χ3n) is 7.54. The van der Waals surface area contributed by atoms with E-state index in [0.29, 0.717) is 41.8 Å². The van der Waals surface area contributed by atoms with Crippen molar-refractivity contribution in [1.82, 2.24) is 19.7 Å². The number of ether oxygens (including phenoxy) is 1. The molecule has 0 bridgehead atoms. The van der Waals surface area contributed by atoms with E-state index >= 15 is 0 Å². The summed E-state index contributed by atoms with van der Waals surface area (Å²) in [5.74, 6) is 0.291. The number of anilines is 1. The summed E-state index contributed by atoms with van der Waals surface area (Å²) in [4.78, 5) is 32.0. The number of halogens is 3. The molecule has 9 nitrogen and oxygen atoms in total. The number of allylic oxidation sites excluding steroid dienone is 1. The maximum Gasteiger partial charge on any atom is 0.416 e. The van der Waals surface area contributed by atoms with Crippen LogP contribution in [-0.2, 0) is 12.7 Å². The van der Waals surface area contributed by atoms with Crippen LogP contribution in [0.3, 0.4) is 0 Å². The van der Waals surface area contributed by atoms with Crippen molar-refractivity contribution in [3.8, 4) is 5.75 Å². The first kappa shape index (κ1) is 31.6. The Hall–Kier alpha value is -4.81. The Bertz CT molecular complexity index is 1640. The Morgan fingerprint density at radius 3 is 2.49 bits per heavy atom. The molecule has 0 aliphatic carbocycles. The highest BCUT2D eigenvalue weighted by atomic mass is 19.4. The molecule has 0 unspecified atom stereocenters. The smallest absolute Gasteiger partial charge is 0.416 e. The van der Waals surface area contributed by atoms with Crippen molar-refractivity contribution in [2.45, 2.75) is 12.7 Å². The lowest BCUT2D eigenvalue weighted by molar-refractivity contribution is -0.138. The van der Waals surface area contributed by atoms with Crippen molar-refractivity contribution in [2.75, 3.05) is 52.6 Å². The van der Waals surface area contributed by atoms with Gasteiger partial charge < -0.3 is 19.9 Å². The van der Waals surface area contributed by atoms with Gasteiger partial charge in [0.25, 0.3) is 5.91 Å². The van der Waals surface area contributed by atoms with Crippen molar-refractivity contribution >= 4 is 23.1 Å². The molecule has 1 aromatic heterocycles. The fourth-order valence-corrected chi connectivity index (χ4v) is 4.97. The molecule has 3 heterocycles. The lowest BCUT2D eigenvalue weighted by Crippen LogP contribution is -2.44. The minimum Gasteiger partial charge on any atom is -0.463 e. The molecule has 2 aliphatic heterocycles. The SMILES string of the molecule is CN=C(N=C1C=CN(C)/C1=C\Oc1cccc(NC(=O)c2ccc(CN3CCN(C)CC3)c(C(F)(F)F)c2)c1)c1ccncc1. The molecule has 0 radical (unpaired) electrons. The number of hydrogen-bond acceptors (Lipinski definition) is 7. The first-order chi connectivity index (χ1) is 21.6. The number of amidine groups is 1. The topological polar surface area (TPSA) is 85.7 Å². The third-order valence-corrected chi connectivity index (χ3v) is 7.54. The molecule has 1 saturated heterocycles. The molecule has 0 saturated carbocycles. The van der Waals surface area contributed by atoms with Crippen LogP contribution in [0.5, 0.6) is 5.75 Å². The molecule has 0 atom stereocenters. The molecule has 12 heteroatoms. The predicted octanol–water partition coefficient (Wildman–Crippen LogP) is 5.30. The summed E-state index contributed by atoms with van der Waals surface area (Å²) in [6.07, 6.45) is 3.96. The second-order valence-corrected chi connectivity index (χ2v) is 10.8. The Morgan fingerprint density at radius 1 is 1.02 bits per heavy atom. The van der Waals surface area contributed by atoms with Gasteiger partial charge in [-0.05, 0) is 55.1 Å². The molecule has 1 N–H and O–H groups in total. The summed E-state index contributed by atoms with van der Waals surface area (Å²) in [6, 6.07) is 14.0. The van der Waals surface area contributed by atoms with Gasteiger partial charge in [0, 0.05) is 88.3 Å². The first-order valence-electron chi connectivity index (χ1n) is 14.4. The van der Waals surface area contributed by atoms with Gasteiger partial charge in [-0.25, -0.2) is 4.99 Å². The van der Waals surface area contributed by atoms with Crippen molar-refractivity contribution in [1.29, 1.82) is 0 Å². The number of benzene rings is 2. The first-order valence-corrected chi connectivity index (χ1v) is 14.4. The van der Waals surface area contributed by atoms with Gasteiger partial charge in [-0.2, -0.15) is 13.2 Å². The number of nitrogens with zero attached hydrogens (tertiary/aromatic N) is 6. The number of likely N-dealkylation sites (N-methyl/N-ethyl adjacent to an activating group) is 1. The van der Waals surface area contributed by atoms with Gasteiger partial charge in [0.1, 0.15) is 17.7 Å². The fourth-order valence-electron chi connectivity index (χ4n) is 4.97. The van der Waals surface area contributed by atoms with Gasteiger partial charge in [-0.1, -0.05) is 12.1 Å². The summed E-state index contributed by atoms with van der Waals surface area (Å²) in [7, 11) is 5.51. The summed E-state index contributed by atoms with van der Waals surface area (Å²) in [5, 5.41) is 2.69. The minimum atomic E-state index is -4.59. The lowest BCUT2D eigenvalue weighted by atomic mass is 10.0. The van der Waals surface area contributed by atoms with Crippen LogP contribution in [0.25, 0.3) is 0 Å². The van der Waals surface area contributed by atoms with Crippen LogP contribution in [0.15, 0.2) is 101 Å². The molecule has 2 aromatic carbocycles. The van der Waals surface area contributed by atoms with Crippen molar-refractivity contribution in [2.24, 2.45) is 9.98 Å². The number of rotatable bonds is 7. The average Bonchev–Trinajstić information content (AvgIpc) is 3.38. The highest BCUT2D eigenvalue weighted by molar-refractivity contribution is 6.17. The monoisotopic (exact) mass is 617 g/mol. The van der Waals surface area contributed by atoms with Crippen LogP contribution in [0, 0.1) is 0 Å². The van der Waals surface area contributed by atoms with E-state index in [4.69, 9.17) is 4.74 Å². The average molecular weight is 618 g/mol. The number of pyridine rings is 1. The van der Waals surface area contributed by atoms with E-state index in [9.17, 15) is 18.0 Å². The summed E-state index contributed by atoms with van der Waals surface area (Å²) >= 11 is 0. The van der Waals surface area contributed by atoms with Crippen LogP contribution in [0.2, 0.25) is 0 Å². The molecule has 1 fully saturated rings. The van der Waals surface area contributed by atoms with Crippen LogP contribution in [0.4, 0.5) is 18.9 Å². The van der Waals surface area contributed by atoms with E-state index in [1.807, 2.05) is 48.3 Å². The van der Waals surface area contributed by atoms with Crippen LogP contribution < -0.4 is 10.1 Å². The molecular weight excluding hydrogens is 583 g/mol. The Kier molecular flexibility index (Phi) is 9.74. The van der Waals surface area contributed by atoms with E-state index in [-0.39, 0.29) is 17.7 Å². The van der Waals surface area contributed by atoms with Crippen LogP contribution >= 0.6 is 0 Å². The molecule has 2 aliphatic rings. The number of amides is 1. The van der Waals surface area contributed by atoms with Gasteiger partial charge in [-0.15, -0.1) is 0 Å². The molecule has 1 amide bonds. The van der Waals surface area contributed by atoms with E-state index in [2.05, 4.69) is 25.2 Å².